The number of nitrogens with zero attached hydrogens (tertiary/aromatic N) is 2. The van der Waals surface area contributed by atoms with Crippen molar-refractivity contribution in [3.05, 3.63) is 17.0 Å². The minimum atomic E-state index is -0.303. The van der Waals surface area contributed by atoms with Crippen LogP contribution in [-0.2, 0) is 17.8 Å². The van der Waals surface area contributed by atoms with Crippen LogP contribution in [0.5, 0.6) is 0 Å². The summed E-state index contributed by atoms with van der Waals surface area (Å²) in [6.45, 7) is 9.37. The summed E-state index contributed by atoms with van der Waals surface area (Å²) < 4.78 is 0. The second-order valence-corrected chi connectivity index (χ2v) is 5.50. The Morgan fingerprint density at radius 2 is 2.12 bits per heavy atom. The van der Waals surface area contributed by atoms with Crippen LogP contribution in [0.1, 0.15) is 37.7 Å². The summed E-state index contributed by atoms with van der Waals surface area (Å²) in [4.78, 5) is 14.0. The molecule has 0 saturated heterocycles. The van der Waals surface area contributed by atoms with Crippen LogP contribution in [0.3, 0.4) is 0 Å². The number of carbonyl (C=O) groups excluding carboxylic acids is 1. The van der Waals surface area contributed by atoms with Crippen molar-refractivity contribution < 1.29 is 4.79 Å². The molecule has 1 aromatic heterocycles. The minimum Gasteiger partial charge on any atom is -0.336 e. The van der Waals surface area contributed by atoms with Gasteiger partial charge in [0.25, 0.3) is 0 Å². The summed E-state index contributed by atoms with van der Waals surface area (Å²) in [5.74, 6) is 0.207. The zero-order chi connectivity index (χ0) is 11.9. The van der Waals surface area contributed by atoms with Gasteiger partial charge in [-0.05, 0) is 18.9 Å². The second-order valence-electron chi connectivity index (χ2n) is 5.50. The molecule has 0 saturated carbocycles. The van der Waals surface area contributed by atoms with Gasteiger partial charge in [0.2, 0.25) is 5.91 Å². The van der Waals surface area contributed by atoms with Gasteiger partial charge in [0.1, 0.15) is 0 Å². The Kier molecular flexibility index (Phi) is 2.52. The highest BCUT2D eigenvalue weighted by Crippen LogP contribution is 2.24. The number of hydrogen-bond acceptors (Lipinski definition) is 2. The molecular formula is C12H19N3O. The number of hydrogen-bond donors (Lipinski definition) is 1. The first-order valence-electron chi connectivity index (χ1n) is 5.71. The van der Waals surface area contributed by atoms with Crippen molar-refractivity contribution in [2.75, 3.05) is 6.54 Å². The highest BCUT2D eigenvalue weighted by Gasteiger charge is 2.30. The SMILES string of the molecule is Cc1[nH]nc2c1CCN(C(=O)C(C)(C)C)C2. The van der Waals surface area contributed by atoms with Crippen molar-refractivity contribution in [2.24, 2.45) is 5.41 Å². The molecule has 0 spiro atoms. The maximum Gasteiger partial charge on any atom is 0.228 e. The fraction of sp³-hybridized carbons (Fsp3) is 0.667. The zero-order valence-corrected chi connectivity index (χ0v) is 10.4. The molecule has 4 nitrogen and oxygen atoms in total. The normalized spacial score (nSPS) is 16.1. The summed E-state index contributed by atoms with van der Waals surface area (Å²) >= 11 is 0. The third kappa shape index (κ3) is 1.84. The first-order chi connectivity index (χ1) is 7.39. The van der Waals surface area contributed by atoms with Gasteiger partial charge in [-0.15, -0.1) is 0 Å². The molecule has 88 valence electrons. The zero-order valence-electron chi connectivity index (χ0n) is 10.4. The third-order valence-electron chi connectivity index (χ3n) is 3.06. The maximum absolute atomic E-state index is 12.1. The second kappa shape index (κ2) is 3.61. The summed E-state index contributed by atoms with van der Waals surface area (Å²) in [6, 6.07) is 0. The molecule has 1 aromatic rings. The van der Waals surface area contributed by atoms with E-state index in [-0.39, 0.29) is 11.3 Å². The number of amides is 1. The van der Waals surface area contributed by atoms with Gasteiger partial charge in [0, 0.05) is 17.7 Å². The molecule has 0 aliphatic carbocycles. The van der Waals surface area contributed by atoms with Gasteiger partial charge in [-0.25, -0.2) is 0 Å². The molecule has 0 fully saturated rings. The predicted molar refractivity (Wildman–Crippen MR) is 61.9 cm³/mol. The molecule has 0 aromatic carbocycles. The lowest BCUT2D eigenvalue weighted by Gasteiger charge is -2.32. The number of rotatable bonds is 0. The number of fused-ring (bicyclic) bond motifs is 1. The van der Waals surface area contributed by atoms with E-state index in [0.29, 0.717) is 6.54 Å². The molecule has 0 radical (unpaired) electrons. The summed E-state index contributed by atoms with van der Waals surface area (Å²) in [6.07, 6.45) is 0.916. The van der Waals surface area contributed by atoms with Gasteiger partial charge >= 0.3 is 0 Å². The Morgan fingerprint density at radius 3 is 2.75 bits per heavy atom. The molecule has 4 heteroatoms. The molecule has 16 heavy (non-hydrogen) atoms. The molecule has 1 amide bonds. The maximum atomic E-state index is 12.1. The Labute approximate surface area is 96.0 Å². The molecular weight excluding hydrogens is 202 g/mol. The van der Waals surface area contributed by atoms with Crippen LogP contribution in [-0.4, -0.2) is 27.5 Å². The topological polar surface area (TPSA) is 49.0 Å². The largest absolute Gasteiger partial charge is 0.336 e. The number of aromatic amines is 1. The molecule has 1 aliphatic heterocycles. The van der Waals surface area contributed by atoms with Crippen LogP contribution in [0.2, 0.25) is 0 Å². The van der Waals surface area contributed by atoms with Gasteiger partial charge < -0.3 is 4.90 Å². The van der Waals surface area contributed by atoms with Crippen molar-refractivity contribution in [3.63, 3.8) is 0 Å². The van der Waals surface area contributed by atoms with Gasteiger partial charge in [-0.1, -0.05) is 20.8 Å². The highest BCUT2D eigenvalue weighted by atomic mass is 16.2. The highest BCUT2D eigenvalue weighted by molar-refractivity contribution is 5.81. The van der Waals surface area contributed by atoms with E-state index in [1.54, 1.807) is 0 Å². The summed E-state index contributed by atoms with van der Waals surface area (Å²) in [5, 5.41) is 7.24. The first-order valence-corrected chi connectivity index (χ1v) is 5.71. The number of nitrogens with one attached hydrogen (secondary N) is 1. The minimum absolute atomic E-state index is 0.207. The van der Waals surface area contributed by atoms with Crippen molar-refractivity contribution in [1.29, 1.82) is 0 Å². The van der Waals surface area contributed by atoms with Gasteiger partial charge in [0.05, 0.1) is 12.2 Å². The van der Waals surface area contributed by atoms with Crippen molar-refractivity contribution in [1.82, 2.24) is 15.1 Å². The summed E-state index contributed by atoms with van der Waals surface area (Å²) in [7, 11) is 0. The van der Waals surface area contributed by atoms with E-state index in [9.17, 15) is 4.79 Å². The lowest BCUT2D eigenvalue weighted by atomic mass is 9.93. The summed E-state index contributed by atoms with van der Waals surface area (Å²) in [5.41, 5.74) is 3.15. The first kappa shape index (κ1) is 11.2. The van der Waals surface area contributed by atoms with Crippen molar-refractivity contribution in [3.8, 4) is 0 Å². The van der Waals surface area contributed by atoms with E-state index in [4.69, 9.17) is 0 Å². The van der Waals surface area contributed by atoms with E-state index in [0.717, 1.165) is 24.4 Å². The smallest absolute Gasteiger partial charge is 0.228 e. The van der Waals surface area contributed by atoms with E-state index in [2.05, 4.69) is 10.2 Å². The van der Waals surface area contributed by atoms with Gasteiger partial charge in [-0.2, -0.15) is 5.10 Å². The van der Waals surface area contributed by atoms with Crippen molar-refractivity contribution in [2.45, 2.75) is 40.7 Å². The lowest BCUT2D eigenvalue weighted by molar-refractivity contribution is -0.140. The Hall–Kier alpha value is -1.32. The lowest BCUT2D eigenvalue weighted by Crippen LogP contribution is -2.42. The van der Waals surface area contributed by atoms with E-state index in [1.165, 1.54) is 5.56 Å². The Balaban J connectivity index is 2.17. The number of carbonyl (C=O) groups is 1. The van der Waals surface area contributed by atoms with E-state index >= 15 is 0 Å². The third-order valence-corrected chi connectivity index (χ3v) is 3.06. The van der Waals surface area contributed by atoms with Crippen LogP contribution in [0.15, 0.2) is 0 Å². The van der Waals surface area contributed by atoms with E-state index < -0.39 is 0 Å². The Bertz CT molecular complexity index is 414. The van der Waals surface area contributed by atoms with E-state index in [1.807, 2.05) is 32.6 Å². The monoisotopic (exact) mass is 221 g/mol. The standard InChI is InChI=1S/C12H19N3O/c1-8-9-5-6-15(7-10(9)14-13-8)11(16)12(2,3)4/h5-7H2,1-4H3,(H,13,14). The number of H-pyrrole nitrogens is 1. The van der Waals surface area contributed by atoms with Crippen LogP contribution >= 0.6 is 0 Å². The van der Waals surface area contributed by atoms with Crippen LogP contribution in [0.25, 0.3) is 0 Å². The van der Waals surface area contributed by atoms with Crippen LogP contribution in [0.4, 0.5) is 0 Å². The molecule has 2 rings (SSSR count). The molecule has 0 bridgehead atoms. The quantitative estimate of drug-likeness (QED) is 0.724. The van der Waals surface area contributed by atoms with Gasteiger partial charge in [-0.3, -0.25) is 9.89 Å². The average molecular weight is 221 g/mol. The number of aryl methyl sites for hydroxylation is 1. The van der Waals surface area contributed by atoms with Crippen molar-refractivity contribution >= 4 is 5.91 Å². The Morgan fingerprint density at radius 1 is 1.44 bits per heavy atom. The molecule has 1 N–H and O–H groups in total. The molecule has 1 aliphatic rings. The fourth-order valence-electron chi connectivity index (χ4n) is 2.12. The van der Waals surface area contributed by atoms with Crippen LogP contribution < -0.4 is 0 Å². The molecule has 2 heterocycles. The average Bonchev–Trinajstić information content (AvgIpc) is 2.57. The van der Waals surface area contributed by atoms with Gasteiger partial charge in [0.15, 0.2) is 0 Å². The fourth-order valence-corrected chi connectivity index (χ4v) is 2.12. The molecule has 0 atom stereocenters. The van der Waals surface area contributed by atoms with Crippen LogP contribution in [0, 0.1) is 12.3 Å². The predicted octanol–water partition coefficient (Wildman–Crippen LogP) is 1.65. The molecule has 0 unspecified atom stereocenters. The number of aromatic nitrogens is 2.